The van der Waals surface area contributed by atoms with Gasteiger partial charge in [-0.05, 0) is 19.3 Å². The van der Waals surface area contributed by atoms with Gasteiger partial charge in [-0.2, -0.15) is 5.26 Å². The van der Waals surface area contributed by atoms with Crippen molar-refractivity contribution in [2.24, 2.45) is 5.41 Å². The van der Waals surface area contributed by atoms with Crippen LogP contribution < -0.4 is 4.72 Å². The molecule has 0 spiro atoms. The minimum atomic E-state index is -3.58. The molecule has 0 aliphatic heterocycles. The fourth-order valence-electron chi connectivity index (χ4n) is 2.25. The number of sulfonamides is 1. The third-order valence-corrected chi connectivity index (χ3v) is 5.27. The Bertz CT molecular complexity index is 380. The van der Waals surface area contributed by atoms with E-state index in [1.54, 1.807) is 13.0 Å². The molecule has 0 heterocycles. The predicted octanol–water partition coefficient (Wildman–Crippen LogP) is 0.761. The first-order valence-electron chi connectivity index (χ1n) is 5.98. The first kappa shape index (κ1) is 14.4. The van der Waals surface area contributed by atoms with E-state index in [1.165, 1.54) is 0 Å². The van der Waals surface area contributed by atoms with Gasteiger partial charge in [-0.25, -0.2) is 13.1 Å². The van der Waals surface area contributed by atoms with Crippen LogP contribution in [0.4, 0.5) is 0 Å². The molecule has 0 bridgehead atoms. The molecule has 5 nitrogen and oxygen atoms in total. The molecule has 2 N–H and O–H groups in total. The summed E-state index contributed by atoms with van der Waals surface area (Å²) in [7, 11) is -3.58. The first-order chi connectivity index (χ1) is 7.99. The molecule has 0 amide bonds. The van der Waals surface area contributed by atoms with Gasteiger partial charge in [-0.1, -0.05) is 19.8 Å². The van der Waals surface area contributed by atoms with Crippen molar-refractivity contribution in [2.75, 3.05) is 13.2 Å². The van der Waals surface area contributed by atoms with Crippen LogP contribution in [0, 0.1) is 16.7 Å². The number of aliphatic hydroxyl groups excluding tert-OH is 1. The van der Waals surface area contributed by atoms with Crippen LogP contribution >= 0.6 is 0 Å². The van der Waals surface area contributed by atoms with Crippen LogP contribution in [0.1, 0.15) is 39.0 Å². The van der Waals surface area contributed by atoms with Crippen LogP contribution in [0.25, 0.3) is 0 Å². The van der Waals surface area contributed by atoms with E-state index in [0.717, 1.165) is 25.7 Å². The minimum Gasteiger partial charge on any atom is -0.396 e. The highest BCUT2D eigenvalue weighted by atomic mass is 32.2. The van der Waals surface area contributed by atoms with Crippen LogP contribution in [0.2, 0.25) is 0 Å². The van der Waals surface area contributed by atoms with Crippen molar-refractivity contribution in [1.82, 2.24) is 4.72 Å². The topological polar surface area (TPSA) is 90.2 Å². The van der Waals surface area contributed by atoms with E-state index in [2.05, 4.69) is 4.72 Å². The molecule has 0 aromatic carbocycles. The molecule has 17 heavy (non-hydrogen) atoms. The molecular weight excluding hydrogens is 240 g/mol. The number of hydrogen-bond donors (Lipinski definition) is 2. The Hall–Kier alpha value is -0.640. The van der Waals surface area contributed by atoms with Crippen molar-refractivity contribution in [3.63, 3.8) is 0 Å². The second kappa shape index (κ2) is 5.80. The second-order valence-corrected chi connectivity index (χ2v) is 6.71. The Morgan fingerprint density at radius 1 is 1.47 bits per heavy atom. The lowest BCUT2D eigenvalue weighted by Crippen LogP contribution is -2.41. The Morgan fingerprint density at radius 2 is 2.06 bits per heavy atom. The van der Waals surface area contributed by atoms with Crippen molar-refractivity contribution in [3.8, 4) is 6.07 Å². The number of nitrogens with one attached hydrogen (secondary N) is 1. The van der Waals surface area contributed by atoms with Gasteiger partial charge in [-0.3, -0.25) is 0 Å². The van der Waals surface area contributed by atoms with E-state index in [9.17, 15) is 13.5 Å². The van der Waals surface area contributed by atoms with Gasteiger partial charge in [0.1, 0.15) is 0 Å². The van der Waals surface area contributed by atoms with Crippen LogP contribution in [0.15, 0.2) is 0 Å². The van der Waals surface area contributed by atoms with Crippen molar-refractivity contribution in [1.29, 1.82) is 5.26 Å². The minimum absolute atomic E-state index is 0.00113. The van der Waals surface area contributed by atoms with Gasteiger partial charge in [0.2, 0.25) is 10.0 Å². The maximum Gasteiger partial charge on any atom is 0.227 e. The molecule has 1 unspecified atom stereocenters. The van der Waals surface area contributed by atoms with Gasteiger partial charge < -0.3 is 5.11 Å². The smallest absolute Gasteiger partial charge is 0.227 e. The van der Waals surface area contributed by atoms with E-state index in [4.69, 9.17) is 5.26 Å². The van der Waals surface area contributed by atoms with E-state index in [-0.39, 0.29) is 25.0 Å². The van der Waals surface area contributed by atoms with Gasteiger partial charge in [0.25, 0.3) is 0 Å². The van der Waals surface area contributed by atoms with Gasteiger partial charge >= 0.3 is 0 Å². The zero-order chi connectivity index (χ0) is 12.9. The number of rotatable bonds is 6. The maximum atomic E-state index is 11.8. The molecule has 6 heteroatoms. The van der Waals surface area contributed by atoms with E-state index in [1.807, 2.05) is 0 Å². The van der Waals surface area contributed by atoms with Gasteiger partial charge in [0.15, 0.2) is 5.25 Å². The molecule has 0 saturated heterocycles. The number of nitriles is 1. The van der Waals surface area contributed by atoms with Crippen LogP contribution in [-0.4, -0.2) is 31.9 Å². The van der Waals surface area contributed by atoms with Crippen molar-refractivity contribution < 1.29 is 13.5 Å². The summed E-state index contributed by atoms with van der Waals surface area (Å²) in [6.07, 6.45) is 4.01. The average Bonchev–Trinajstić information content (AvgIpc) is 2.77. The number of aliphatic hydroxyl groups is 1. The SMILES string of the molecule is CCC(C#N)S(=O)(=O)NCC1(CO)CCCC1. The lowest BCUT2D eigenvalue weighted by atomic mass is 9.88. The van der Waals surface area contributed by atoms with E-state index < -0.39 is 15.3 Å². The Kier molecular flexibility index (Phi) is 4.92. The molecule has 0 radical (unpaired) electrons. The van der Waals surface area contributed by atoms with Gasteiger partial charge in [0.05, 0.1) is 6.07 Å². The normalized spacial score (nSPS) is 21.0. The molecule has 1 saturated carbocycles. The predicted molar refractivity (Wildman–Crippen MR) is 64.6 cm³/mol. The molecule has 0 aromatic rings. The molecule has 1 atom stereocenters. The first-order valence-corrected chi connectivity index (χ1v) is 7.53. The second-order valence-electron chi connectivity index (χ2n) is 4.76. The summed E-state index contributed by atoms with van der Waals surface area (Å²) < 4.78 is 26.1. The van der Waals surface area contributed by atoms with E-state index in [0.29, 0.717) is 0 Å². The van der Waals surface area contributed by atoms with Crippen molar-refractivity contribution >= 4 is 10.0 Å². The monoisotopic (exact) mass is 260 g/mol. The molecule has 98 valence electrons. The highest BCUT2D eigenvalue weighted by Crippen LogP contribution is 2.37. The Balaban J connectivity index is 2.63. The van der Waals surface area contributed by atoms with Crippen LogP contribution in [0.5, 0.6) is 0 Å². The van der Waals surface area contributed by atoms with Gasteiger partial charge in [0, 0.05) is 18.6 Å². The molecule has 1 aliphatic carbocycles. The summed E-state index contributed by atoms with van der Waals surface area (Å²) in [4.78, 5) is 0. The quantitative estimate of drug-likeness (QED) is 0.737. The molecule has 1 fully saturated rings. The Morgan fingerprint density at radius 3 is 2.47 bits per heavy atom. The number of hydrogen-bond acceptors (Lipinski definition) is 4. The highest BCUT2D eigenvalue weighted by Gasteiger charge is 2.35. The summed E-state index contributed by atoms with van der Waals surface area (Å²) >= 11 is 0. The zero-order valence-electron chi connectivity index (χ0n) is 10.1. The summed E-state index contributed by atoms with van der Waals surface area (Å²) in [5.74, 6) is 0. The average molecular weight is 260 g/mol. The lowest BCUT2D eigenvalue weighted by Gasteiger charge is -2.26. The van der Waals surface area contributed by atoms with Crippen LogP contribution in [0.3, 0.4) is 0 Å². The standard InChI is InChI=1S/C11H20N2O3S/c1-2-10(7-12)17(15,16)13-8-11(9-14)5-3-4-6-11/h10,13-14H,2-6,8-9H2,1H3. The summed E-state index contributed by atoms with van der Waals surface area (Å²) in [5, 5.41) is 17.1. The molecular formula is C11H20N2O3S. The largest absolute Gasteiger partial charge is 0.396 e. The van der Waals surface area contributed by atoms with Gasteiger partial charge in [-0.15, -0.1) is 0 Å². The van der Waals surface area contributed by atoms with E-state index >= 15 is 0 Å². The zero-order valence-corrected chi connectivity index (χ0v) is 11.0. The van der Waals surface area contributed by atoms with Crippen LogP contribution in [-0.2, 0) is 10.0 Å². The number of nitrogens with zero attached hydrogens (tertiary/aromatic N) is 1. The van der Waals surface area contributed by atoms with Crippen molar-refractivity contribution in [2.45, 2.75) is 44.3 Å². The third kappa shape index (κ3) is 3.41. The summed E-state index contributed by atoms with van der Waals surface area (Å²) in [6.45, 7) is 1.91. The molecule has 0 aromatic heterocycles. The lowest BCUT2D eigenvalue weighted by molar-refractivity contribution is 0.134. The molecule has 1 rings (SSSR count). The highest BCUT2D eigenvalue weighted by molar-refractivity contribution is 7.90. The summed E-state index contributed by atoms with van der Waals surface area (Å²) in [6, 6.07) is 1.78. The summed E-state index contributed by atoms with van der Waals surface area (Å²) in [5.41, 5.74) is -0.319. The van der Waals surface area contributed by atoms with Crippen molar-refractivity contribution in [3.05, 3.63) is 0 Å². The fraction of sp³-hybridized carbons (Fsp3) is 0.909. The third-order valence-electron chi connectivity index (χ3n) is 3.54. The molecule has 1 aliphatic rings. The fourth-order valence-corrected chi connectivity index (χ4v) is 3.54. The maximum absolute atomic E-state index is 11.8. The Labute approximate surface area is 103 Å².